The summed E-state index contributed by atoms with van der Waals surface area (Å²) in [6.45, 7) is 4.27. The van der Waals surface area contributed by atoms with Crippen LogP contribution in [0.25, 0.3) is 0 Å². The van der Waals surface area contributed by atoms with Gasteiger partial charge in [-0.25, -0.2) is 0 Å². The highest BCUT2D eigenvalue weighted by atomic mass is 16.5. The summed E-state index contributed by atoms with van der Waals surface area (Å²) in [6.07, 6.45) is 2.15. The van der Waals surface area contributed by atoms with Crippen molar-refractivity contribution in [2.75, 3.05) is 19.7 Å². The summed E-state index contributed by atoms with van der Waals surface area (Å²) in [5, 5.41) is 0. The predicted octanol–water partition coefficient (Wildman–Crippen LogP) is 0.254. The van der Waals surface area contributed by atoms with Crippen molar-refractivity contribution in [2.24, 2.45) is 0 Å². The molecule has 0 bridgehead atoms. The highest BCUT2D eigenvalue weighted by Gasteiger charge is 2.16. The summed E-state index contributed by atoms with van der Waals surface area (Å²) in [7, 11) is 0. The minimum atomic E-state index is 0.263. The summed E-state index contributed by atoms with van der Waals surface area (Å²) in [6, 6.07) is 0. The van der Waals surface area contributed by atoms with Crippen molar-refractivity contribution in [2.45, 2.75) is 19.4 Å². The SMILES string of the molecule is CCC1CN(C=O)CCO1. The van der Waals surface area contributed by atoms with Gasteiger partial charge in [0.05, 0.1) is 12.7 Å². The molecule has 0 radical (unpaired) electrons. The minimum Gasteiger partial charge on any atom is -0.375 e. The molecule has 0 aliphatic carbocycles. The third-order valence-electron chi connectivity index (χ3n) is 1.77. The first kappa shape index (κ1) is 7.54. The second kappa shape index (κ2) is 3.56. The zero-order chi connectivity index (χ0) is 7.40. The van der Waals surface area contributed by atoms with Crippen molar-refractivity contribution in [1.82, 2.24) is 4.90 Å². The number of nitrogens with zero attached hydrogens (tertiary/aromatic N) is 1. The minimum absolute atomic E-state index is 0.263. The number of morpholine rings is 1. The third kappa shape index (κ3) is 1.70. The number of ether oxygens (including phenoxy) is 1. The summed E-state index contributed by atoms with van der Waals surface area (Å²) in [5.41, 5.74) is 0. The Bertz CT molecular complexity index is 116. The molecule has 1 fully saturated rings. The monoisotopic (exact) mass is 143 g/mol. The van der Waals surface area contributed by atoms with Gasteiger partial charge < -0.3 is 9.64 Å². The predicted molar refractivity (Wildman–Crippen MR) is 37.7 cm³/mol. The lowest BCUT2D eigenvalue weighted by atomic mass is 10.2. The Hall–Kier alpha value is -0.570. The van der Waals surface area contributed by atoms with Crippen LogP contribution in [0.5, 0.6) is 0 Å². The molecule has 10 heavy (non-hydrogen) atoms. The first-order valence-corrected chi connectivity index (χ1v) is 3.67. The van der Waals surface area contributed by atoms with Crippen LogP contribution in [0.3, 0.4) is 0 Å². The maximum Gasteiger partial charge on any atom is 0.209 e. The third-order valence-corrected chi connectivity index (χ3v) is 1.77. The Morgan fingerprint density at radius 2 is 2.60 bits per heavy atom. The van der Waals surface area contributed by atoms with Crippen molar-refractivity contribution in [3.05, 3.63) is 0 Å². The molecule has 0 aromatic heterocycles. The van der Waals surface area contributed by atoms with Gasteiger partial charge in [-0.2, -0.15) is 0 Å². The molecule has 3 nitrogen and oxygen atoms in total. The van der Waals surface area contributed by atoms with E-state index in [-0.39, 0.29) is 6.10 Å². The zero-order valence-corrected chi connectivity index (χ0v) is 6.25. The van der Waals surface area contributed by atoms with Crippen molar-refractivity contribution < 1.29 is 9.53 Å². The first-order chi connectivity index (χ1) is 4.86. The van der Waals surface area contributed by atoms with Gasteiger partial charge in [-0.3, -0.25) is 4.79 Å². The topological polar surface area (TPSA) is 29.5 Å². The maximum atomic E-state index is 10.3. The molecule has 1 unspecified atom stereocenters. The van der Waals surface area contributed by atoms with Crippen molar-refractivity contribution in [3.63, 3.8) is 0 Å². The fourth-order valence-electron chi connectivity index (χ4n) is 1.08. The maximum absolute atomic E-state index is 10.3. The fourth-order valence-corrected chi connectivity index (χ4v) is 1.08. The molecule has 3 heteroatoms. The van der Waals surface area contributed by atoms with E-state index in [2.05, 4.69) is 6.92 Å². The quantitative estimate of drug-likeness (QED) is 0.519. The van der Waals surface area contributed by atoms with E-state index in [1.54, 1.807) is 4.90 Å². The Morgan fingerprint density at radius 1 is 1.80 bits per heavy atom. The summed E-state index contributed by atoms with van der Waals surface area (Å²) < 4.78 is 5.36. The van der Waals surface area contributed by atoms with E-state index < -0.39 is 0 Å². The lowest BCUT2D eigenvalue weighted by Crippen LogP contribution is -2.41. The molecule has 0 aromatic carbocycles. The number of hydrogen-bond acceptors (Lipinski definition) is 2. The van der Waals surface area contributed by atoms with Gasteiger partial charge in [-0.05, 0) is 6.42 Å². The fraction of sp³-hybridized carbons (Fsp3) is 0.857. The number of hydrogen-bond donors (Lipinski definition) is 0. The lowest BCUT2D eigenvalue weighted by molar-refractivity contribution is -0.125. The van der Waals surface area contributed by atoms with Crippen molar-refractivity contribution in [1.29, 1.82) is 0 Å². The molecule has 0 N–H and O–H groups in total. The molecular formula is C7H13NO2. The second-order valence-electron chi connectivity index (χ2n) is 2.50. The largest absolute Gasteiger partial charge is 0.375 e. The number of carbonyl (C=O) groups is 1. The second-order valence-corrected chi connectivity index (χ2v) is 2.50. The Balaban J connectivity index is 2.31. The summed E-state index contributed by atoms with van der Waals surface area (Å²) in [4.78, 5) is 12.1. The van der Waals surface area contributed by atoms with Crippen LogP contribution in [-0.4, -0.2) is 37.1 Å². The van der Waals surface area contributed by atoms with E-state index in [9.17, 15) is 4.79 Å². The van der Waals surface area contributed by atoms with Gasteiger partial charge >= 0.3 is 0 Å². The van der Waals surface area contributed by atoms with E-state index in [4.69, 9.17) is 4.74 Å². The molecule has 1 saturated heterocycles. The van der Waals surface area contributed by atoms with Crippen LogP contribution < -0.4 is 0 Å². The van der Waals surface area contributed by atoms with E-state index in [0.717, 1.165) is 25.9 Å². The van der Waals surface area contributed by atoms with Crippen LogP contribution in [0.2, 0.25) is 0 Å². The smallest absolute Gasteiger partial charge is 0.209 e. The van der Waals surface area contributed by atoms with Gasteiger partial charge in [0.25, 0.3) is 0 Å². The number of rotatable bonds is 2. The van der Waals surface area contributed by atoms with Gasteiger partial charge in [0, 0.05) is 13.1 Å². The van der Waals surface area contributed by atoms with Gasteiger partial charge in [-0.15, -0.1) is 0 Å². The van der Waals surface area contributed by atoms with Crippen molar-refractivity contribution in [3.8, 4) is 0 Å². The van der Waals surface area contributed by atoms with E-state index >= 15 is 0 Å². The molecule has 0 aromatic rings. The van der Waals surface area contributed by atoms with Crippen LogP contribution >= 0.6 is 0 Å². The van der Waals surface area contributed by atoms with Gasteiger partial charge in [0.2, 0.25) is 6.41 Å². The molecule has 0 saturated carbocycles. The molecule has 1 atom stereocenters. The molecule has 1 rings (SSSR count). The average molecular weight is 143 g/mol. The van der Waals surface area contributed by atoms with Crippen LogP contribution in [0, 0.1) is 0 Å². The van der Waals surface area contributed by atoms with E-state index in [0.29, 0.717) is 6.61 Å². The molecule has 1 aliphatic rings. The zero-order valence-electron chi connectivity index (χ0n) is 6.25. The van der Waals surface area contributed by atoms with Gasteiger partial charge in [-0.1, -0.05) is 6.92 Å². The summed E-state index contributed by atoms with van der Waals surface area (Å²) in [5.74, 6) is 0. The Kier molecular flexibility index (Phi) is 2.68. The van der Waals surface area contributed by atoms with Gasteiger partial charge in [0.15, 0.2) is 0 Å². The lowest BCUT2D eigenvalue weighted by Gasteiger charge is -2.29. The standard InChI is InChI=1S/C7H13NO2/c1-2-7-5-8(6-9)3-4-10-7/h6-7H,2-5H2,1H3. The van der Waals surface area contributed by atoms with Crippen LogP contribution in [0.1, 0.15) is 13.3 Å². The van der Waals surface area contributed by atoms with E-state index in [1.807, 2.05) is 0 Å². The highest BCUT2D eigenvalue weighted by Crippen LogP contribution is 2.05. The number of amides is 1. The average Bonchev–Trinajstić information content (AvgIpc) is 2.05. The molecule has 0 spiro atoms. The molecule has 1 heterocycles. The molecule has 1 amide bonds. The van der Waals surface area contributed by atoms with Crippen molar-refractivity contribution >= 4 is 6.41 Å². The van der Waals surface area contributed by atoms with Crippen LogP contribution in [0.4, 0.5) is 0 Å². The summed E-state index contributed by atoms with van der Waals surface area (Å²) >= 11 is 0. The molecule has 1 aliphatic heterocycles. The molecular weight excluding hydrogens is 130 g/mol. The van der Waals surface area contributed by atoms with Crippen LogP contribution in [0.15, 0.2) is 0 Å². The molecule has 58 valence electrons. The normalized spacial score (nSPS) is 26.5. The number of carbonyl (C=O) groups excluding carboxylic acids is 1. The first-order valence-electron chi connectivity index (χ1n) is 3.67. The Labute approximate surface area is 61.0 Å². The van der Waals surface area contributed by atoms with Crippen LogP contribution in [-0.2, 0) is 9.53 Å². The highest BCUT2D eigenvalue weighted by molar-refractivity contribution is 5.47. The Morgan fingerprint density at radius 3 is 3.20 bits per heavy atom. The van der Waals surface area contributed by atoms with E-state index in [1.165, 1.54) is 0 Å². The van der Waals surface area contributed by atoms with Gasteiger partial charge in [0.1, 0.15) is 0 Å².